The summed E-state index contributed by atoms with van der Waals surface area (Å²) in [6.45, 7) is 4.21. The molecule has 1 N–H and O–H groups in total. The molecule has 0 atom stereocenters. The van der Waals surface area contributed by atoms with Crippen molar-refractivity contribution in [3.63, 3.8) is 0 Å². The molecule has 0 spiro atoms. The molecule has 0 saturated heterocycles. The standard InChI is InChI=1S/C15H15BrN4/c1-15(2,9-11-4-3-5-12(16)8-11)18-14-7-6-13(10-17)19-20-14/h3-8H,9H2,1-2H3,(H,18,20). The van der Waals surface area contributed by atoms with Crippen molar-refractivity contribution in [1.29, 1.82) is 5.26 Å². The monoisotopic (exact) mass is 330 g/mol. The van der Waals surface area contributed by atoms with Crippen molar-refractivity contribution in [3.05, 3.63) is 52.1 Å². The number of hydrogen-bond donors (Lipinski definition) is 1. The summed E-state index contributed by atoms with van der Waals surface area (Å²) < 4.78 is 1.07. The van der Waals surface area contributed by atoms with Crippen LogP contribution in [0.5, 0.6) is 0 Å². The van der Waals surface area contributed by atoms with Crippen LogP contribution >= 0.6 is 15.9 Å². The molecule has 1 aromatic carbocycles. The molecule has 4 nitrogen and oxygen atoms in total. The minimum atomic E-state index is -0.163. The van der Waals surface area contributed by atoms with E-state index < -0.39 is 0 Å². The van der Waals surface area contributed by atoms with Gasteiger partial charge in [0.2, 0.25) is 0 Å². The van der Waals surface area contributed by atoms with E-state index in [1.165, 1.54) is 5.56 Å². The first-order valence-corrected chi connectivity index (χ1v) is 7.04. The quantitative estimate of drug-likeness (QED) is 0.931. The van der Waals surface area contributed by atoms with E-state index in [9.17, 15) is 0 Å². The topological polar surface area (TPSA) is 61.6 Å². The number of nitrogens with one attached hydrogen (secondary N) is 1. The molecule has 0 bridgehead atoms. The molecular weight excluding hydrogens is 316 g/mol. The largest absolute Gasteiger partial charge is 0.363 e. The van der Waals surface area contributed by atoms with Crippen molar-refractivity contribution in [2.45, 2.75) is 25.8 Å². The van der Waals surface area contributed by atoms with Crippen LogP contribution in [0, 0.1) is 11.3 Å². The lowest BCUT2D eigenvalue weighted by Crippen LogP contribution is -2.34. The smallest absolute Gasteiger partial charge is 0.163 e. The minimum Gasteiger partial charge on any atom is -0.363 e. The SMILES string of the molecule is CC(C)(Cc1cccc(Br)c1)Nc1ccc(C#N)nn1. The van der Waals surface area contributed by atoms with E-state index in [1.54, 1.807) is 12.1 Å². The molecule has 0 aliphatic carbocycles. The predicted octanol–water partition coefficient (Wildman–Crippen LogP) is 3.54. The van der Waals surface area contributed by atoms with Gasteiger partial charge in [-0.1, -0.05) is 28.1 Å². The highest BCUT2D eigenvalue weighted by Gasteiger charge is 2.19. The third kappa shape index (κ3) is 4.04. The van der Waals surface area contributed by atoms with E-state index in [2.05, 4.69) is 57.4 Å². The average Bonchev–Trinajstić information content (AvgIpc) is 2.38. The van der Waals surface area contributed by atoms with Crippen molar-refractivity contribution < 1.29 is 0 Å². The van der Waals surface area contributed by atoms with Gasteiger partial charge < -0.3 is 5.32 Å². The number of nitriles is 1. The molecule has 20 heavy (non-hydrogen) atoms. The van der Waals surface area contributed by atoms with Crippen molar-refractivity contribution in [2.75, 3.05) is 5.32 Å². The van der Waals surface area contributed by atoms with Gasteiger partial charge in [-0.25, -0.2) is 0 Å². The number of anilines is 1. The molecule has 0 fully saturated rings. The Hall–Kier alpha value is -1.93. The lowest BCUT2D eigenvalue weighted by molar-refractivity contribution is 0.560. The van der Waals surface area contributed by atoms with Gasteiger partial charge >= 0.3 is 0 Å². The van der Waals surface area contributed by atoms with Crippen LogP contribution in [0.3, 0.4) is 0 Å². The maximum atomic E-state index is 8.70. The first-order valence-electron chi connectivity index (χ1n) is 6.25. The molecule has 0 unspecified atom stereocenters. The lowest BCUT2D eigenvalue weighted by atomic mass is 9.95. The van der Waals surface area contributed by atoms with Crippen LogP contribution in [-0.4, -0.2) is 15.7 Å². The minimum absolute atomic E-state index is 0.163. The molecule has 2 rings (SSSR count). The fourth-order valence-electron chi connectivity index (χ4n) is 2.01. The van der Waals surface area contributed by atoms with Crippen LogP contribution in [-0.2, 0) is 6.42 Å². The number of benzene rings is 1. The third-order valence-electron chi connectivity index (χ3n) is 2.78. The highest BCUT2D eigenvalue weighted by atomic mass is 79.9. The van der Waals surface area contributed by atoms with E-state index in [0.29, 0.717) is 11.5 Å². The zero-order valence-corrected chi connectivity index (χ0v) is 13.0. The zero-order valence-electron chi connectivity index (χ0n) is 11.4. The third-order valence-corrected chi connectivity index (χ3v) is 3.27. The summed E-state index contributed by atoms with van der Waals surface area (Å²) in [7, 11) is 0. The van der Waals surface area contributed by atoms with E-state index in [-0.39, 0.29) is 5.54 Å². The van der Waals surface area contributed by atoms with Crippen LogP contribution in [0.25, 0.3) is 0 Å². The molecule has 2 aromatic rings. The summed E-state index contributed by atoms with van der Waals surface area (Å²) >= 11 is 3.48. The van der Waals surface area contributed by atoms with Crippen LogP contribution in [0.4, 0.5) is 5.82 Å². The summed E-state index contributed by atoms with van der Waals surface area (Å²) in [6.07, 6.45) is 0.855. The van der Waals surface area contributed by atoms with Crippen molar-refractivity contribution in [1.82, 2.24) is 10.2 Å². The maximum Gasteiger partial charge on any atom is 0.163 e. The van der Waals surface area contributed by atoms with Crippen molar-refractivity contribution >= 4 is 21.7 Å². The van der Waals surface area contributed by atoms with E-state index in [1.807, 2.05) is 18.2 Å². The van der Waals surface area contributed by atoms with Gasteiger partial charge in [0.15, 0.2) is 5.69 Å². The molecule has 5 heteroatoms. The molecule has 1 aromatic heterocycles. The van der Waals surface area contributed by atoms with Gasteiger partial charge in [0, 0.05) is 10.0 Å². The van der Waals surface area contributed by atoms with Crippen molar-refractivity contribution in [2.24, 2.45) is 0 Å². The summed E-state index contributed by atoms with van der Waals surface area (Å²) in [5.41, 5.74) is 1.39. The molecule has 0 aliphatic heterocycles. The van der Waals surface area contributed by atoms with E-state index >= 15 is 0 Å². The Labute approximate surface area is 127 Å². The second-order valence-electron chi connectivity index (χ2n) is 5.23. The van der Waals surface area contributed by atoms with Crippen LogP contribution in [0.15, 0.2) is 40.9 Å². The number of halogens is 1. The Balaban J connectivity index is 2.08. The van der Waals surface area contributed by atoms with E-state index in [0.717, 1.165) is 10.9 Å². The van der Waals surface area contributed by atoms with Gasteiger partial charge in [0.05, 0.1) is 0 Å². The van der Waals surface area contributed by atoms with Crippen LogP contribution in [0.2, 0.25) is 0 Å². The molecule has 0 saturated carbocycles. The summed E-state index contributed by atoms with van der Waals surface area (Å²) in [4.78, 5) is 0. The maximum absolute atomic E-state index is 8.70. The Morgan fingerprint density at radius 2 is 2.05 bits per heavy atom. The summed E-state index contributed by atoms with van der Waals surface area (Å²) in [5, 5.41) is 19.9. The predicted molar refractivity (Wildman–Crippen MR) is 82.3 cm³/mol. The molecule has 102 valence electrons. The van der Waals surface area contributed by atoms with Gasteiger partial charge in [-0.15, -0.1) is 10.2 Å². The number of nitrogens with zero attached hydrogens (tertiary/aromatic N) is 3. The van der Waals surface area contributed by atoms with Crippen LogP contribution in [0.1, 0.15) is 25.1 Å². The average molecular weight is 331 g/mol. The van der Waals surface area contributed by atoms with Gasteiger partial charge in [0.25, 0.3) is 0 Å². The van der Waals surface area contributed by atoms with Crippen molar-refractivity contribution in [3.8, 4) is 6.07 Å². The Morgan fingerprint density at radius 3 is 2.65 bits per heavy atom. The highest BCUT2D eigenvalue weighted by Crippen LogP contribution is 2.20. The fraction of sp³-hybridized carbons (Fsp3) is 0.267. The van der Waals surface area contributed by atoms with Crippen LogP contribution < -0.4 is 5.32 Å². The summed E-state index contributed by atoms with van der Waals surface area (Å²) in [5.74, 6) is 0.670. The van der Waals surface area contributed by atoms with Gasteiger partial charge in [-0.2, -0.15) is 5.26 Å². The number of hydrogen-bond acceptors (Lipinski definition) is 4. The Kier molecular flexibility index (Phi) is 4.35. The Morgan fingerprint density at radius 1 is 1.25 bits per heavy atom. The molecular formula is C15H15BrN4. The first-order chi connectivity index (χ1) is 9.48. The highest BCUT2D eigenvalue weighted by molar-refractivity contribution is 9.10. The molecule has 0 radical (unpaired) electrons. The number of aromatic nitrogens is 2. The lowest BCUT2D eigenvalue weighted by Gasteiger charge is -2.27. The molecule has 0 amide bonds. The second-order valence-corrected chi connectivity index (χ2v) is 6.15. The van der Waals surface area contributed by atoms with Gasteiger partial charge in [0.1, 0.15) is 11.9 Å². The normalized spacial score (nSPS) is 10.9. The second kappa shape index (κ2) is 6.02. The zero-order chi connectivity index (χ0) is 14.6. The van der Waals surface area contributed by atoms with E-state index in [4.69, 9.17) is 5.26 Å². The fourth-order valence-corrected chi connectivity index (χ4v) is 2.45. The van der Waals surface area contributed by atoms with Gasteiger partial charge in [-0.3, -0.25) is 0 Å². The Bertz CT molecular complexity index is 629. The molecule has 0 aliphatic rings. The first kappa shape index (κ1) is 14.5. The van der Waals surface area contributed by atoms with Gasteiger partial charge in [-0.05, 0) is 50.1 Å². The number of rotatable bonds is 4. The molecule has 1 heterocycles. The summed E-state index contributed by atoms with van der Waals surface area (Å²) in [6, 6.07) is 13.6.